The smallest absolute Gasteiger partial charge is 0.261 e. The third-order valence-electron chi connectivity index (χ3n) is 4.45. The number of carbonyl (C=O) groups is 1. The van der Waals surface area contributed by atoms with Gasteiger partial charge >= 0.3 is 0 Å². The quantitative estimate of drug-likeness (QED) is 0.694. The Bertz CT molecular complexity index is 830. The van der Waals surface area contributed by atoms with Gasteiger partial charge in [-0.2, -0.15) is 0 Å². The molecule has 0 aromatic heterocycles. The molecule has 1 aliphatic heterocycles. The van der Waals surface area contributed by atoms with E-state index in [0.717, 1.165) is 25.9 Å². The molecule has 1 unspecified atom stereocenters. The molecule has 0 saturated carbocycles. The van der Waals surface area contributed by atoms with Gasteiger partial charge in [0.05, 0.1) is 4.90 Å². The van der Waals surface area contributed by atoms with Gasteiger partial charge in [0.25, 0.3) is 15.9 Å². The lowest BCUT2D eigenvalue weighted by molar-refractivity contribution is 0.0951. The van der Waals surface area contributed by atoms with Crippen LogP contribution >= 0.6 is 0 Å². The molecule has 2 aromatic carbocycles. The number of hydrogen-bond acceptors (Lipinski definition) is 4. The number of amides is 1. The van der Waals surface area contributed by atoms with Crippen LogP contribution in [-0.4, -0.2) is 34.0 Å². The van der Waals surface area contributed by atoms with Crippen molar-refractivity contribution >= 4 is 21.6 Å². The molecule has 138 valence electrons. The maximum atomic E-state index is 12.4. The SMILES string of the molecule is O=C(NCCC1CCNC1)c1ccc(S(=O)(=O)Nc2ccccc2)cc1. The number of rotatable bonds is 7. The number of hydrogen-bond donors (Lipinski definition) is 3. The molecule has 1 fully saturated rings. The predicted molar refractivity (Wildman–Crippen MR) is 102 cm³/mol. The Balaban J connectivity index is 1.57. The Kier molecular flexibility index (Phi) is 5.90. The molecular formula is C19H23N3O3S. The van der Waals surface area contributed by atoms with E-state index >= 15 is 0 Å². The van der Waals surface area contributed by atoms with Gasteiger partial charge < -0.3 is 10.6 Å². The normalized spacial score (nSPS) is 17.0. The lowest BCUT2D eigenvalue weighted by Crippen LogP contribution is -2.26. The molecule has 0 aliphatic carbocycles. The summed E-state index contributed by atoms with van der Waals surface area (Å²) in [6.07, 6.45) is 2.10. The second-order valence-electron chi connectivity index (χ2n) is 6.40. The lowest BCUT2D eigenvalue weighted by Gasteiger charge is -2.10. The third kappa shape index (κ3) is 4.83. The van der Waals surface area contributed by atoms with Crippen molar-refractivity contribution in [3.63, 3.8) is 0 Å². The highest BCUT2D eigenvalue weighted by molar-refractivity contribution is 7.92. The van der Waals surface area contributed by atoms with Crippen molar-refractivity contribution in [1.29, 1.82) is 0 Å². The van der Waals surface area contributed by atoms with Crippen LogP contribution in [0.3, 0.4) is 0 Å². The van der Waals surface area contributed by atoms with E-state index in [2.05, 4.69) is 15.4 Å². The van der Waals surface area contributed by atoms with Crippen LogP contribution in [0.15, 0.2) is 59.5 Å². The van der Waals surface area contributed by atoms with E-state index < -0.39 is 10.0 Å². The molecular weight excluding hydrogens is 350 g/mol. The summed E-state index contributed by atoms with van der Waals surface area (Å²) in [5.41, 5.74) is 0.948. The molecule has 1 atom stereocenters. The maximum Gasteiger partial charge on any atom is 0.261 e. The van der Waals surface area contributed by atoms with Gasteiger partial charge in [-0.05, 0) is 68.2 Å². The fraction of sp³-hybridized carbons (Fsp3) is 0.316. The van der Waals surface area contributed by atoms with E-state index in [1.54, 1.807) is 24.3 Å². The molecule has 0 radical (unpaired) electrons. The minimum atomic E-state index is -3.67. The van der Waals surface area contributed by atoms with Crippen molar-refractivity contribution in [2.45, 2.75) is 17.7 Å². The summed E-state index contributed by atoms with van der Waals surface area (Å²) in [6.45, 7) is 2.68. The Labute approximate surface area is 154 Å². The molecule has 0 bridgehead atoms. The molecule has 7 heteroatoms. The van der Waals surface area contributed by atoms with Crippen LogP contribution in [0.4, 0.5) is 5.69 Å². The van der Waals surface area contributed by atoms with E-state index in [4.69, 9.17) is 0 Å². The number of nitrogens with one attached hydrogen (secondary N) is 3. The number of benzene rings is 2. The minimum Gasteiger partial charge on any atom is -0.352 e. The second kappa shape index (κ2) is 8.33. The highest BCUT2D eigenvalue weighted by Gasteiger charge is 2.16. The van der Waals surface area contributed by atoms with Gasteiger partial charge in [-0.25, -0.2) is 8.42 Å². The second-order valence-corrected chi connectivity index (χ2v) is 8.08. The van der Waals surface area contributed by atoms with Gasteiger partial charge in [-0.1, -0.05) is 18.2 Å². The van der Waals surface area contributed by atoms with Crippen molar-refractivity contribution in [2.75, 3.05) is 24.4 Å². The van der Waals surface area contributed by atoms with Crippen LogP contribution in [0.5, 0.6) is 0 Å². The fourth-order valence-electron chi connectivity index (χ4n) is 2.96. The van der Waals surface area contributed by atoms with Crippen molar-refractivity contribution in [2.24, 2.45) is 5.92 Å². The first-order chi connectivity index (χ1) is 12.5. The average molecular weight is 373 g/mol. The largest absolute Gasteiger partial charge is 0.352 e. The Morgan fingerprint density at radius 1 is 1.08 bits per heavy atom. The van der Waals surface area contributed by atoms with Crippen molar-refractivity contribution < 1.29 is 13.2 Å². The highest BCUT2D eigenvalue weighted by atomic mass is 32.2. The van der Waals surface area contributed by atoms with Crippen molar-refractivity contribution in [1.82, 2.24) is 10.6 Å². The van der Waals surface area contributed by atoms with Gasteiger partial charge in [0.1, 0.15) is 0 Å². The zero-order valence-corrected chi connectivity index (χ0v) is 15.3. The van der Waals surface area contributed by atoms with Crippen molar-refractivity contribution in [3.8, 4) is 0 Å². The van der Waals surface area contributed by atoms with Crippen LogP contribution in [0.1, 0.15) is 23.2 Å². The summed E-state index contributed by atoms with van der Waals surface area (Å²) in [5, 5.41) is 6.20. The van der Waals surface area contributed by atoms with Crippen LogP contribution in [0, 0.1) is 5.92 Å². The Morgan fingerprint density at radius 3 is 2.46 bits per heavy atom. The topological polar surface area (TPSA) is 87.3 Å². The van der Waals surface area contributed by atoms with Crippen molar-refractivity contribution in [3.05, 3.63) is 60.2 Å². The molecule has 3 rings (SSSR count). The van der Waals surface area contributed by atoms with Gasteiger partial charge in [-0.15, -0.1) is 0 Å². The predicted octanol–water partition coefficient (Wildman–Crippen LogP) is 2.22. The van der Waals surface area contributed by atoms with E-state index in [-0.39, 0.29) is 10.8 Å². The number of carbonyl (C=O) groups excluding carboxylic acids is 1. The average Bonchev–Trinajstić information content (AvgIpc) is 3.16. The first kappa shape index (κ1) is 18.4. The highest BCUT2D eigenvalue weighted by Crippen LogP contribution is 2.16. The van der Waals surface area contributed by atoms with Gasteiger partial charge in [0, 0.05) is 17.8 Å². The molecule has 1 heterocycles. The Hall–Kier alpha value is -2.38. The van der Waals surface area contributed by atoms with Gasteiger partial charge in [-0.3, -0.25) is 9.52 Å². The maximum absolute atomic E-state index is 12.4. The summed E-state index contributed by atoms with van der Waals surface area (Å²) < 4.78 is 27.3. The van der Waals surface area contributed by atoms with Crippen LogP contribution < -0.4 is 15.4 Å². The Morgan fingerprint density at radius 2 is 1.81 bits per heavy atom. The summed E-state index contributed by atoms with van der Waals surface area (Å²) in [4.78, 5) is 12.3. The van der Waals surface area contributed by atoms with Gasteiger partial charge in [0.15, 0.2) is 0 Å². The standard InChI is InChI=1S/C19H23N3O3S/c23-19(21-13-11-15-10-12-20-14-15)16-6-8-18(9-7-16)26(24,25)22-17-4-2-1-3-5-17/h1-9,15,20,22H,10-14H2,(H,21,23). The van der Waals surface area contributed by atoms with E-state index in [1.807, 2.05) is 6.07 Å². The van der Waals surface area contributed by atoms with Crippen LogP contribution in [-0.2, 0) is 10.0 Å². The monoisotopic (exact) mass is 373 g/mol. The van der Waals surface area contributed by atoms with Gasteiger partial charge in [0.2, 0.25) is 0 Å². The summed E-state index contributed by atoms with van der Waals surface area (Å²) in [7, 11) is -3.67. The van der Waals surface area contributed by atoms with Crippen LogP contribution in [0.25, 0.3) is 0 Å². The molecule has 26 heavy (non-hydrogen) atoms. The summed E-state index contributed by atoms with van der Waals surface area (Å²) in [6, 6.07) is 14.6. The third-order valence-corrected chi connectivity index (χ3v) is 5.85. The number of para-hydroxylation sites is 1. The fourth-order valence-corrected chi connectivity index (χ4v) is 4.02. The van der Waals surface area contributed by atoms with Crippen LogP contribution in [0.2, 0.25) is 0 Å². The molecule has 0 spiro atoms. The summed E-state index contributed by atoms with van der Waals surface area (Å²) in [5.74, 6) is 0.433. The first-order valence-electron chi connectivity index (χ1n) is 8.71. The minimum absolute atomic E-state index is 0.120. The van der Waals surface area contributed by atoms with E-state index in [0.29, 0.717) is 23.7 Å². The number of anilines is 1. The molecule has 2 aromatic rings. The van der Waals surface area contributed by atoms with E-state index in [1.165, 1.54) is 24.3 Å². The zero-order chi connectivity index (χ0) is 18.4. The lowest BCUT2D eigenvalue weighted by atomic mass is 10.1. The first-order valence-corrected chi connectivity index (χ1v) is 10.2. The van der Waals surface area contributed by atoms with E-state index in [9.17, 15) is 13.2 Å². The molecule has 1 saturated heterocycles. The molecule has 1 amide bonds. The summed E-state index contributed by atoms with van der Waals surface area (Å²) >= 11 is 0. The molecule has 1 aliphatic rings. The zero-order valence-electron chi connectivity index (χ0n) is 14.4. The molecule has 3 N–H and O–H groups in total. The number of sulfonamides is 1. The molecule has 6 nitrogen and oxygen atoms in total.